The van der Waals surface area contributed by atoms with Crippen LogP contribution in [-0.4, -0.2) is 16.5 Å². The summed E-state index contributed by atoms with van der Waals surface area (Å²) in [6, 6.07) is 0. The molecular formula is C14H25N5. The van der Waals surface area contributed by atoms with Crippen molar-refractivity contribution in [1.82, 2.24) is 9.97 Å². The number of rotatable bonds is 5. The van der Waals surface area contributed by atoms with Crippen LogP contribution in [0.5, 0.6) is 0 Å². The molecule has 2 rings (SSSR count). The molecular weight excluding hydrogens is 238 g/mol. The molecule has 0 spiro atoms. The van der Waals surface area contributed by atoms with E-state index in [4.69, 9.17) is 5.84 Å². The van der Waals surface area contributed by atoms with Gasteiger partial charge in [0.1, 0.15) is 18.0 Å². The van der Waals surface area contributed by atoms with Crippen molar-refractivity contribution in [2.75, 3.05) is 17.3 Å². The Hall–Kier alpha value is -1.36. The van der Waals surface area contributed by atoms with Crippen molar-refractivity contribution >= 4 is 11.6 Å². The largest absolute Gasteiger partial charge is 0.369 e. The maximum Gasteiger partial charge on any atom is 0.148 e. The summed E-state index contributed by atoms with van der Waals surface area (Å²) in [5.41, 5.74) is 3.70. The summed E-state index contributed by atoms with van der Waals surface area (Å²) in [6.07, 6.45) is 7.77. The Morgan fingerprint density at radius 2 is 1.89 bits per heavy atom. The molecule has 4 N–H and O–H groups in total. The highest BCUT2D eigenvalue weighted by molar-refractivity contribution is 5.56. The van der Waals surface area contributed by atoms with E-state index in [1.807, 2.05) is 0 Å². The van der Waals surface area contributed by atoms with Crippen LogP contribution < -0.4 is 16.6 Å². The fourth-order valence-corrected chi connectivity index (χ4v) is 2.80. The topological polar surface area (TPSA) is 75.9 Å². The van der Waals surface area contributed by atoms with Crippen molar-refractivity contribution in [1.29, 1.82) is 0 Å². The van der Waals surface area contributed by atoms with Crippen molar-refractivity contribution in [3.05, 3.63) is 11.9 Å². The summed E-state index contributed by atoms with van der Waals surface area (Å²) in [5, 5.41) is 3.48. The van der Waals surface area contributed by atoms with Gasteiger partial charge in [0.15, 0.2) is 0 Å². The van der Waals surface area contributed by atoms with Crippen LogP contribution in [0.4, 0.5) is 11.6 Å². The van der Waals surface area contributed by atoms with Crippen LogP contribution in [0.1, 0.15) is 45.1 Å². The quantitative estimate of drug-likeness (QED) is 0.562. The fourth-order valence-electron chi connectivity index (χ4n) is 2.80. The third kappa shape index (κ3) is 3.56. The molecule has 0 atom stereocenters. The highest BCUT2D eigenvalue weighted by Crippen LogP contribution is 2.29. The van der Waals surface area contributed by atoms with Gasteiger partial charge in [0, 0.05) is 12.1 Å². The molecule has 5 nitrogen and oxygen atoms in total. The van der Waals surface area contributed by atoms with Gasteiger partial charge in [-0.2, -0.15) is 0 Å². The lowest BCUT2D eigenvalue weighted by atomic mass is 9.83. The predicted octanol–water partition coefficient (Wildman–Crippen LogP) is 2.56. The molecule has 106 valence electrons. The van der Waals surface area contributed by atoms with E-state index in [9.17, 15) is 0 Å². The zero-order chi connectivity index (χ0) is 13.7. The normalized spacial score (nSPS) is 23.1. The molecule has 1 aliphatic rings. The summed E-state index contributed by atoms with van der Waals surface area (Å²) in [4.78, 5) is 8.49. The number of nitrogens with two attached hydrogens (primary N) is 1. The highest BCUT2D eigenvalue weighted by Gasteiger charge is 2.18. The lowest BCUT2D eigenvalue weighted by Crippen LogP contribution is -2.21. The number of hydrazine groups is 1. The van der Waals surface area contributed by atoms with Gasteiger partial charge >= 0.3 is 0 Å². The van der Waals surface area contributed by atoms with Crippen LogP contribution in [0.25, 0.3) is 0 Å². The first-order valence-corrected chi connectivity index (χ1v) is 7.29. The molecule has 19 heavy (non-hydrogen) atoms. The van der Waals surface area contributed by atoms with Crippen LogP contribution in [-0.2, 0) is 6.42 Å². The molecule has 5 heteroatoms. The Morgan fingerprint density at radius 3 is 2.53 bits per heavy atom. The minimum absolute atomic E-state index is 0.720. The summed E-state index contributed by atoms with van der Waals surface area (Å²) in [7, 11) is 0. The maximum atomic E-state index is 5.48. The zero-order valence-corrected chi connectivity index (χ0v) is 11.9. The Bertz CT molecular complexity index is 399. The Kier molecular flexibility index (Phi) is 4.96. The molecule has 1 aromatic heterocycles. The average Bonchev–Trinajstić information content (AvgIpc) is 2.46. The van der Waals surface area contributed by atoms with Crippen molar-refractivity contribution < 1.29 is 0 Å². The number of anilines is 2. The van der Waals surface area contributed by atoms with Crippen molar-refractivity contribution in [3.63, 3.8) is 0 Å². The second-order valence-electron chi connectivity index (χ2n) is 5.55. The van der Waals surface area contributed by atoms with E-state index >= 15 is 0 Å². The van der Waals surface area contributed by atoms with Gasteiger partial charge in [-0.15, -0.1) is 0 Å². The van der Waals surface area contributed by atoms with E-state index in [-0.39, 0.29) is 0 Å². The molecule has 0 aromatic carbocycles. The molecule has 1 saturated carbocycles. The summed E-state index contributed by atoms with van der Waals surface area (Å²) < 4.78 is 0. The minimum atomic E-state index is 0.720. The van der Waals surface area contributed by atoms with Gasteiger partial charge in [-0.1, -0.05) is 26.7 Å². The van der Waals surface area contributed by atoms with Crippen LogP contribution in [0, 0.1) is 11.8 Å². The molecule has 0 radical (unpaired) electrons. The zero-order valence-electron chi connectivity index (χ0n) is 11.9. The third-order valence-electron chi connectivity index (χ3n) is 4.13. The van der Waals surface area contributed by atoms with Crippen LogP contribution >= 0.6 is 0 Å². The predicted molar refractivity (Wildman–Crippen MR) is 78.8 cm³/mol. The highest BCUT2D eigenvalue weighted by atomic mass is 15.3. The average molecular weight is 263 g/mol. The summed E-state index contributed by atoms with van der Waals surface area (Å²) in [6.45, 7) is 5.44. The minimum Gasteiger partial charge on any atom is -0.369 e. The first kappa shape index (κ1) is 14.1. The maximum absolute atomic E-state index is 5.48. The number of nitrogens with zero attached hydrogens (tertiary/aromatic N) is 2. The monoisotopic (exact) mass is 263 g/mol. The first-order chi connectivity index (χ1) is 9.24. The van der Waals surface area contributed by atoms with E-state index < -0.39 is 0 Å². The number of aromatic nitrogens is 2. The first-order valence-electron chi connectivity index (χ1n) is 7.29. The van der Waals surface area contributed by atoms with Gasteiger partial charge in [0.2, 0.25) is 0 Å². The van der Waals surface area contributed by atoms with Crippen molar-refractivity contribution in [2.24, 2.45) is 17.7 Å². The second-order valence-corrected chi connectivity index (χ2v) is 5.55. The molecule has 1 heterocycles. The molecule has 1 aromatic rings. The van der Waals surface area contributed by atoms with E-state index in [1.54, 1.807) is 6.33 Å². The number of hydrogen-bond acceptors (Lipinski definition) is 5. The number of nitrogens with one attached hydrogen (secondary N) is 2. The van der Waals surface area contributed by atoms with Crippen LogP contribution in [0.3, 0.4) is 0 Å². The van der Waals surface area contributed by atoms with Crippen molar-refractivity contribution in [3.8, 4) is 0 Å². The van der Waals surface area contributed by atoms with E-state index in [0.29, 0.717) is 0 Å². The molecule has 1 aliphatic carbocycles. The smallest absolute Gasteiger partial charge is 0.148 e. The molecule has 0 bridgehead atoms. The van der Waals surface area contributed by atoms with Crippen LogP contribution in [0.15, 0.2) is 6.33 Å². The van der Waals surface area contributed by atoms with Gasteiger partial charge in [0.05, 0.1) is 0 Å². The Balaban J connectivity index is 1.95. The van der Waals surface area contributed by atoms with E-state index in [2.05, 4.69) is 34.6 Å². The van der Waals surface area contributed by atoms with Gasteiger partial charge in [0.25, 0.3) is 0 Å². The Labute approximate surface area is 115 Å². The van der Waals surface area contributed by atoms with Crippen molar-refractivity contribution in [2.45, 2.75) is 46.0 Å². The molecule has 0 aliphatic heterocycles. The van der Waals surface area contributed by atoms with E-state index in [0.717, 1.165) is 42.0 Å². The number of hydrogen-bond donors (Lipinski definition) is 3. The molecule has 1 fully saturated rings. The van der Waals surface area contributed by atoms with Gasteiger partial charge in [-0.25, -0.2) is 15.8 Å². The molecule has 0 saturated heterocycles. The van der Waals surface area contributed by atoms with Gasteiger partial charge in [-0.05, 0) is 31.1 Å². The van der Waals surface area contributed by atoms with Gasteiger partial charge in [-0.3, -0.25) is 0 Å². The Morgan fingerprint density at radius 1 is 1.21 bits per heavy atom. The molecule has 0 amide bonds. The lowest BCUT2D eigenvalue weighted by molar-refractivity contribution is 0.300. The summed E-state index contributed by atoms with van der Waals surface area (Å²) >= 11 is 0. The third-order valence-corrected chi connectivity index (χ3v) is 4.13. The van der Waals surface area contributed by atoms with Gasteiger partial charge < -0.3 is 10.7 Å². The summed E-state index contributed by atoms with van der Waals surface area (Å²) in [5.74, 6) is 8.79. The fraction of sp³-hybridized carbons (Fsp3) is 0.714. The molecule has 0 unspecified atom stereocenters. The second kappa shape index (κ2) is 6.70. The van der Waals surface area contributed by atoms with Crippen LogP contribution in [0.2, 0.25) is 0 Å². The van der Waals surface area contributed by atoms with E-state index in [1.165, 1.54) is 25.7 Å². The SMILES string of the molecule is CCc1c(NN)ncnc1NCC1CCC(C)CC1. The standard InChI is InChI=1S/C14H25N5/c1-3-12-13(17-9-18-14(12)19-15)16-8-11-6-4-10(2)5-7-11/h9-11H,3-8,15H2,1-2H3,(H2,16,17,18,19). The number of nitrogen functional groups attached to an aromatic ring is 1. The lowest BCUT2D eigenvalue weighted by Gasteiger charge is -2.26.